The fourth-order valence-corrected chi connectivity index (χ4v) is 6.65. The van der Waals surface area contributed by atoms with Gasteiger partial charge >= 0.3 is 0 Å². The highest BCUT2D eigenvalue weighted by Crippen LogP contribution is 2.44. The van der Waals surface area contributed by atoms with Crippen LogP contribution in [-0.2, 0) is 0 Å². The quantitative estimate of drug-likeness (QED) is 0.235. The lowest BCUT2D eigenvalue weighted by Crippen LogP contribution is -2.68. The predicted molar refractivity (Wildman–Crippen MR) is 164 cm³/mol. The highest BCUT2D eigenvalue weighted by molar-refractivity contribution is 8.16. The van der Waals surface area contributed by atoms with Crippen LogP contribution in [-0.4, -0.2) is 0 Å². The largest absolute Gasteiger partial charge is 0.239 e. The number of halogens is 1. The summed E-state index contributed by atoms with van der Waals surface area (Å²) >= 11 is 3.67. The minimum atomic E-state index is -4.94. The van der Waals surface area contributed by atoms with Crippen molar-refractivity contribution < 1.29 is 28.9 Å². The van der Waals surface area contributed by atoms with E-state index in [9.17, 15) is 0 Å². The van der Waals surface area contributed by atoms with Crippen LogP contribution in [0, 0.1) is 10.2 Å². The molecule has 42 heavy (non-hydrogen) atoms. The Labute approximate surface area is 255 Å². The molecule has 0 atom stereocenters. The smallest absolute Gasteiger partial charge is 0.222 e. The predicted octanol–water partition coefficient (Wildman–Crippen LogP) is 5.82. The molecule has 1 aliphatic heterocycles. The normalized spacial score (nSPS) is 12.9. The van der Waals surface area contributed by atoms with Gasteiger partial charge in [0, 0.05) is 33.1 Å². The SMILES string of the molecule is C(=C1C=C(c2ccccc2)SC(c2ccccc2)=C1)c1cc(-c2ccccc2)[s+]c(-c2ccccc2)c1.[O-][Cl+3]([O-])([O-])[O-]. The monoisotopic (exact) mass is 608 g/mol. The van der Waals surface area contributed by atoms with Gasteiger partial charge in [0.2, 0.25) is 21.1 Å². The van der Waals surface area contributed by atoms with Crippen molar-refractivity contribution in [3.05, 3.63) is 168 Å². The van der Waals surface area contributed by atoms with Crippen molar-refractivity contribution >= 4 is 39.0 Å². The van der Waals surface area contributed by atoms with Gasteiger partial charge in [0.1, 0.15) is 0 Å². The Morgan fingerprint density at radius 3 is 1.19 bits per heavy atom. The van der Waals surface area contributed by atoms with E-state index >= 15 is 0 Å². The summed E-state index contributed by atoms with van der Waals surface area (Å²) in [5.41, 5.74) is 7.36. The number of hydrogen-bond acceptors (Lipinski definition) is 5. The summed E-state index contributed by atoms with van der Waals surface area (Å²) in [5.74, 6) is 0. The van der Waals surface area contributed by atoms with Crippen molar-refractivity contribution in [2.45, 2.75) is 0 Å². The van der Waals surface area contributed by atoms with Gasteiger partial charge < -0.3 is 0 Å². The molecule has 7 heteroatoms. The Balaban J connectivity index is 0.000000652. The molecule has 1 aromatic heterocycles. The zero-order valence-electron chi connectivity index (χ0n) is 22.3. The molecule has 2 heterocycles. The van der Waals surface area contributed by atoms with Gasteiger partial charge in [-0.15, -0.1) is 10.2 Å². The standard InChI is InChI=1S/C35H25S2.ClHO4/c1-5-13-28(14-6-1)32-22-26(23-33(36-32)29-15-7-2-8-16-29)21-27-24-34(30-17-9-3-10-18-30)37-35(25-27)31-19-11-4-12-20-31;2-1(3,4)5/h1-25H;(H,2,3,4,5)/q+1;/p-1. The molecule has 0 radical (unpaired) electrons. The minimum Gasteiger partial charge on any atom is -0.222 e. The molecule has 0 aliphatic carbocycles. The topological polar surface area (TPSA) is 92.2 Å². The molecular weight excluding hydrogens is 584 g/mol. The zero-order chi connectivity index (χ0) is 29.4. The fraction of sp³-hybridized carbons (Fsp3) is 0. The lowest BCUT2D eigenvalue weighted by Gasteiger charge is -2.17. The number of hydrogen-bond donors (Lipinski definition) is 0. The summed E-state index contributed by atoms with van der Waals surface area (Å²) in [7, 11) is -4.94. The van der Waals surface area contributed by atoms with Gasteiger partial charge in [0.15, 0.2) is 0 Å². The Kier molecular flexibility index (Phi) is 9.79. The van der Waals surface area contributed by atoms with Gasteiger partial charge in [-0.25, -0.2) is 18.6 Å². The molecule has 4 nitrogen and oxygen atoms in total. The van der Waals surface area contributed by atoms with Crippen molar-refractivity contribution in [3.8, 4) is 20.9 Å². The maximum atomic E-state index is 8.49. The van der Waals surface area contributed by atoms with Crippen LogP contribution in [0.15, 0.2) is 151 Å². The molecule has 0 unspecified atom stereocenters. The minimum absolute atomic E-state index is 1.20. The van der Waals surface area contributed by atoms with E-state index in [4.69, 9.17) is 18.6 Å². The molecule has 0 spiro atoms. The number of thioether (sulfide) groups is 1. The molecule has 1 aliphatic rings. The van der Waals surface area contributed by atoms with E-state index in [0.29, 0.717) is 0 Å². The summed E-state index contributed by atoms with van der Waals surface area (Å²) in [5, 5.41) is 0. The summed E-state index contributed by atoms with van der Waals surface area (Å²) in [6.45, 7) is 0. The average molecular weight is 609 g/mol. The third-order valence-corrected chi connectivity index (χ3v) is 8.49. The van der Waals surface area contributed by atoms with Crippen molar-refractivity contribution in [2.75, 3.05) is 0 Å². The highest BCUT2D eigenvalue weighted by Gasteiger charge is 2.19. The average Bonchev–Trinajstić information content (AvgIpc) is 3.02. The molecule has 5 aromatic rings. The molecule has 0 saturated carbocycles. The first-order valence-corrected chi connectivity index (χ1v) is 15.8. The van der Waals surface area contributed by atoms with Crippen LogP contribution in [0.1, 0.15) is 16.7 Å². The first-order chi connectivity index (χ1) is 20.3. The maximum absolute atomic E-state index is 8.49. The molecular formula is C35H25ClO4S2. The van der Waals surface area contributed by atoms with Crippen LogP contribution in [0.2, 0.25) is 0 Å². The van der Waals surface area contributed by atoms with Crippen LogP contribution in [0.4, 0.5) is 0 Å². The van der Waals surface area contributed by atoms with Gasteiger partial charge in [-0.3, -0.25) is 0 Å². The molecule has 6 rings (SSSR count). The van der Waals surface area contributed by atoms with Crippen LogP contribution < -0.4 is 18.6 Å². The second-order valence-corrected chi connectivity index (χ2v) is 12.1. The highest BCUT2D eigenvalue weighted by atomic mass is 35.7. The van der Waals surface area contributed by atoms with E-state index in [1.807, 2.05) is 23.1 Å². The maximum Gasteiger partial charge on any atom is 0.239 e. The Morgan fingerprint density at radius 1 is 0.500 bits per heavy atom. The zero-order valence-corrected chi connectivity index (χ0v) is 24.7. The summed E-state index contributed by atoms with van der Waals surface area (Å²) in [6.07, 6.45) is 6.94. The first-order valence-electron chi connectivity index (χ1n) is 13.0. The van der Waals surface area contributed by atoms with Crippen LogP contribution in [0.5, 0.6) is 0 Å². The molecule has 208 valence electrons. The molecule has 0 fully saturated rings. The number of benzene rings is 4. The van der Waals surface area contributed by atoms with Gasteiger partial charge in [0.25, 0.3) is 0 Å². The number of rotatable bonds is 5. The summed E-state index contributed by atoms with van der Waals surface area (Å²) in [4.78, 5) is 5.05. The Morgan fingerprint density at radius 2 is 0.833 bits per heavy atom. The molecule has 0 amide bonds. The van der Waals surface area contributed by atoms with Crippen molar-refractivity contribution in [2.24, 2.45) is 0 Å². The molecule has 0 bridgehead atoms. The third kappa shape index (κ3) is 8.58. The lowest BCUT2D eigenvalue weighted by atomic mass is 10.0. The van der Waals surface area contributed by atoms with E-state index in [1.165, 1.54) is 53.0 Å². The van der Waals surface area contributed by atoms with E-state index < -0.39 is 10.2 Å². The second-order valence-electron chi connectivity index (χ2n) is 9.22. The van der Waals surface area contributed by atoms with Gasteiger partial charge in [-0.2, -0.15) is 0 Å². The number of allylic oxidation sites excluding steroid dienone is 3. The fourth-order valence-electron chi connectivity index (χ4n) is 4.38. The van der Waals surface area contributed by atoms with Gasteiger partial charge in [-0.05, 0) is 64.8 Å². The van der Waals surface area contributed by atoms with Gasteiger partial charge in [0.05, 0.1) is 0 Å². The Hall–Kier alpha value is -3.85. The third-order valence-electron chi connectivity index (χ3n) is 6.20. The van der Waals surface area contributed by atoms with E-state index in [0.717, 1.165) is 0 Å². The second kappa shape index (κ2) is 13.9. The van der Waals surface area contributed by atoms with E-state index in [1.54, 1.807) is 0 Å². The molecule has 0 N–H and O–H groups in total. The van der Waals surface area contributed by atoms with Crippen molar-refractivity contribution in [1.82, 2.24) is 0 Å². The van der Waals surface area contributed by atoms with E-state index in [2.05, 4.69) is 152 Å². The van der Waals surface area contributed by atoms with Crippen molar-refractivity contribution in [1.29, 1.82) is 0 Å². The Bertz CT molecular complexity index is 1590. The molecule has 4 aromatic carbocycles. The van der Waals surface area contributed by atoms with Crippen LogP contribution in [0.3, 0.4) is 0 Å². The lowest BCUT2D eigenvalue weighted by molar-refractivity contribution is -2.00. The summed E-state index contributed by atoms with van der Waals surface area (Å²) < 4.78 is 34.0. The van der Waals surface area contributed by atoms with Crippen molar-refractivity contribution in [3.63, 3.8) is 0 Å². The van der Waals surface area contributed by atoms with Gasteiger partial charge in [-0.1, -0.05) is 109 Å². The first kappa shape index (κ1) is 29.6. The van der Waals surface area contributed by atoms with Crippen LogP contribution in [0.25, 0.3) is 36.8 Å². The summed E-state index contributed by atoms with van der Waals surface area (Å²) in [6, 6.07) is 47.3. The van der Waals surface area contributed by atoms with Crippen LogP contribution >= 0.6 is 23.1 Å². The molecule has 0 saturated heterocycles. The van der Waals surface area contributed by atoms with E-state index in [-0.39, 0.29) is 0 Å².